The maximum Gasteiger partial charge on any atom is 0.419 e. The van der Waals surface area contributed by atoms with Crippen molar-refractivity contribution in [2.45, 2.75) is 51.2 Å². The molecule has 1 fully saturated rings. The Labute approximate surface area is 173 Å². The maximum atomic E-state index is 13.8. The highest BCUT2D eigenvalue weighted by Crippen LogP contribution is 2.41. The third-order valence-electron chi connectivity index (χ3n) is 5.25. The summed E-state index contributed by atoms with van der Waals surface area (Å²) in [5.41, 5.74) is 7.52. The standard InChI is InChI=1S/C22H25F3N4O/c1-13(9-14(2)26)12-30-20-6-5-16(10-17(20)22(23,24)25)19-7-8-27-21-11-18(15-3-4-15)28-29(19)21/h5-8,10-11,13-15H,3-4,9,12,26H2,1-2H3. The first-order valence-electron chi connectivity index (χ1n) is 10.2. The fourth-order valence-electron chi connectivity index (χ4n) is 3.68. The fraction of sp³-hybridized carbons (Fsp3) is 0.455. The van der Waals surface area contributed by atoms with E-state index in [1.807, 2.05) is 19.9 Å². The number of fused-ring (bicyclic) bond motifs is 1. The van der Waals surface area contributed by atoms with Crippen LogP contribution >= 0.6 is 0 Å². The number of nitrogens with zero attached hydrogens (tertiary/aromatic N) is 3. The molecule has 1 aliphatic rings. The summed E-state index contributed by atoms with van der Waals surface area (Å²) in [6, 6.07) is 7.69. The highest BCUT2D eigenvalue weighted by atomic mass is 19.4. The number of rotatable bonds is 7. The van der Waals surface area contributed by atoms with Crippen LogP contribution in [-0.4, -0.2) is 27.2 Å². The van der Waals surface area contributed by atoms with Gasteiger partial charge in [0.05, 0.1) is 23.6 Å². The third-order valence-corrected chi connectivity index (χ3v) is 5.25. The number of nitrogens with two attached hydrogens (primary N) is 1. The number of alkyl halides is 3. The summed E-state index contributed by atoms with van der Waals surface area (Å²) in [5, 5.41) is 4.58. The van der Waals surface area contributed by atoms with Gasteiger partial charge < -0.3 is 10.5 Å². The fourth-order valence-corrected chi connectivity index (χ4v) is 3.68. The van der Waals surface area contributed by atoms with E-state index < -0.39 is 11.7 Å². The van der Waals surface area contributed by atoms with Crippen molar-refractivity contribution in [1.82, 2.24) is 14.6 Å². The first kappa shape index (κ1) is 20.7. The summed E-state index contributed by atoms with van der Waals surface area (Å²) in [5.74, 6) is 0.307. The van der Waals surface area contributed by atoms with Gasteiger partial charge >= 0.3 is 6.18 Å². The number of hydrogen-bond donors (Lipinski definition) is 1. The van der Waals surface area contributed by atoms with Crippen LogP contribution < -0.4 is 10.5 Å². The Morgan fingerprint density at radius 1 is 1.20 bits per heavy atom. The van der Waals surface area contributed by atoms with Crippen molar-refractivity contribution in [2.75, 3.05) is 6.61 Å². The molecular formula is C22H25F3N4O. The molecule has 2 aromatic heterocycles. The third kappa shape index (κ3) is 4.43. The van der Waals surface area contributed by atoms with Gasteiger partial charge in [0.15, 0.2) is 5.65 Å². The number of benzene rings is 1. The molecule has 0 saturated heterocycles. The lowest BCUT2D eigenvalue weighted by Crippen LogP contribution is -2.22. The van der Waals surface area contributed by atoms with E-state index in [9.17, 15) is 13.2 Å². The predicted octanol–water partition coefficient (Wildman–Crippen LogP) is 5.04. The van der Waals surface area contributed by atoms with Crippen LogP contribution in [0.15, 0.2) is 36.5 Å². The van der Waals surface area contributed by atoms with Gasteiger partial charge in [-0.2, -0.15) is 18.3 Å². The maximum absolute atomic E-state index is 13.8. The summed E-state index contributed by atoms with van der Waals surface area (Å²) in [4.78, 5) is 4.30. The Kier molecular flexibility index (Phi) is 5.44. The average Bonchev–Trinajstić information content (AvgIpc) is 3.43. The van der Waals surface area contributed by atoms with Crippen LogP contribution in [0, 0.1) is 5.92 Å². The molecule has 5 nitrogen and oxygen atoms in total. The Morgan fingerprint density at radius 2 is 1.97 bits per heavy atom. The van der Waals surface area contributed by atoms with E-state index >= 15 is 0 Å². The average molecular weight is 418 g/mol. The van der Waals surface area contributed by atoms with Crippen LogP contribution in [0.5, 0.6) is 5.75 Å². The van der Waals surface area contributed by atoms with Crippen molar-refractivity contribution in [3.05, 3.63) is 47.8 Å². The highest BCUT2D eigenvalue weighted by Gasteiger charge is 2.35. The van der Waals surface area contributed by atoms with Crippen molar-refractivity contribution >= 4 is 5.65 Å². The van der Waals surface area contributed by atoms with E-state index in [0.717, 1.165) is 24.6 Å². The Balaban J connectivity index is 1.67. The molecule has 2 unspecified atom stereocenters. The number of hydrogen-bond acceptors (Lipinski definition) is 4. The van der Waals surface area contributed by atoms with Crippen LogP contribution in [0.3, 0.4) is 0 Å². The summed E-state index contributed by atoms with van der Waals surface area (Å²) < 4.78 is 48.5. The lowest BCUT2D eigenvalue weighted by atomic mass is 10.0. The minimum atomic E-state index is -4.54. The number of ether oxygens (including phenoxy) is 1. The van der Waals surface area contributed by atoms with Crippen molar-refractivity contribution in [3.8, 4) is 17.0 Å². The van der Waals surface area contributed by atoms with Crippen LogP contribution in [0.2, 0.25) is 0 Å². The van der Waals surface area contributed by atoms with E-state index in [1.165, 1.54) is 6.07 Å². The molecule has 0 bridgehead atoms. The van der Waals surface area contributed by atoms with E-state index in [2.05, 4.69) is 10.1 Å². The van der Waals surface area contributed by atoms with Crippen LogP contribution in [0.1, 0.15) is 50.3 Å². The van der Waals surface area contributed by atoms with Crippen LogP contribution in [0.4, 0.5) is 13.2 Å². The molecule has 0 amide bonds. The summed E-state index contributed by atoms with van der Waals surface area (Å²) in [6.45, 7) is 3.95. The van der Waals surface area contributed by atoms with Gasteiger partial charge in [-0.15, -0.1) is 0 Å². The quantitative estimate of drug-likeness (QED) is 0.584. The van der Waals surface area contributed by atoms with E-state index in [1.54, 1.807) is 22.8 Å². The largest absolute Gasteiger partial charge is 0.493 e. The molecular weight excluding hydrogens is 393 g/mol. The molecule has 4 rings (SSSR count). The molecule has 8 heteroatoms. The first-order chi connectivity index (χ1) is 14.2. The lowest BCUT2D eigenvalue weighted by molar-refractivity contribution is -0.139. The zero-order valence-electron chi connectivity index (χ0n) is 17.0. The van der Waals surface area contributed by atoms with Gasteiger partial charge in [0.1, 0.15) is 5.75 Å². The molecule has 1 aromatic carbocycles. The van der Waals surface area contributed by atoms with E-state index in [0.29, 0.717) is 29.2 Å². The molecule has 2 N–H and O–H groups in total. The van der Waals surface area contributed by atoms with Crippen LogP contribution in [-0.2, 0) is 6.18 Å². The van der Waals surface area contributed by atoms with Crippen molar-refractivity contribution in [2.24, 2.45) is 11.7 Å². The molecule has 2 atom stereocenters. The molecule has 30 heavy (non-hydrogen) atoms. The second-order valence-corrected chi connectivity index (χ2v) is 8.28. The molecule has 1 saturated carbocycles. The number of aromatic nitrogens is 3. The normalized spacial score (nSPS) is 16.6. The molecule has 3 aromatic rings. The summed E-state index contributed by atoms with van der Waals surface area (Å²) in [6.07, 6.45) is -0.0890. The van der Waals surface area contributed by atoms with Crippen molar-refractivity contribution in [1.29, 1.82) is 0 Å². The summed E-state index contributed by atoms with van der Waals surface area (Å²) in [7, 11) is 0. The second-order valence-electron chi connectivity index (χ2n) is 8.28. The van der Waals surface area contributed by atoms with Crippen molar-refractivity contribution < 1.29 is 17.9 Å². The Hall–Kier alpha value is -2.61. The minimum Gasteiger partial charge on any atom is -0.493 e. The van der Waals surface area contributed by atoms with Crippen molar-refractivity contribution in [3.63, 3.8) is 0 Å². The Bertz CT molecular complexity index is 1040. The smallest absolute Gasteiger partial charge is 0.419 e. The van der Waals surface area contributed by atoms with Gasteiger partial charge in [0.25, 0.3) is 0 Å². The van der Waals surface area contributed by atoms with Gasteiger partial charge in [-0.25, -0.2) is 9.50 Å². The molecule has 0 spiro atoms. The number of halogens is 3. The lowest BCUT2D eigenvalue weighted by Gasteiger charge is -2.19. The van der Waals surface area contributed by atoms with Gasteiger partial charge in [-0.3, -0.25) is 0 Å². The van der Waals surface area contributed by atoms with E-state index in [4.69, 9.17) is 10.5 Å². The predicted molar refractivity (Wildman–Crippen MR) is 108 cm³/mol. The summed E-state index contributed by atoms with van der Waals surface area (Å²) >= 11 is 0. The second kappa shape index (κ2) is 7.91. The highest BCUT2D eigenvalue weighted by molar-refractivity contribution is 5.65. The molecule has 160 valence electrons. The SMILES string of the molecule is CC(N)CC(C)COc1ccc(-c2ccnc3cc(C4CC4)nn23)cc1C(F)(F)F. The monoisotopic (exact) mass is 418 g/mol. The topological polar surface area (TPSA) is 65.4 Å². The van der Waals surface area contributed by atoms with Gasteiger partial charge in [0, 0.05) is 29.8 Å². The van der Waals surface area contributed by atoms with Gasteiger partial charge in [0.2, 0.25) is 0 Å². The zero-order valence-corrected chi connectivity index (χ0v) is 17.0. The Morgan fingerprint density at radius 3 is 2.63 bits per heavy atom. The zero-order chi connectivity index (χ0) is 21.5. The minimum absolute atomic E-state index is 0.0308. The van der Waals surface area contributed by atoms with Gasteiger partial charge in [-0.1, -0.05) is 6.92 Å². The molecule has 2 heterocycles. The first-order valence-corrected chi connectivity index (χ1v) is 10.2. The van der Waals surface area contributed by atoms with Gasteiger partial charge in [-0.05, 0) is 56.4 Å². The molecule has 1 aliphatic carbocycles. The molecule has 0 radical (unpaired) electrons. The van der Waals surface area contributed by atoms with Crippen LogP contribution in [0.25, 0.3) is 16.9 Å². The molecule has 0 aliphatic heterocycles. The van der Waals surface area contributed by atoms with E-state index in [-0.39, 0.29) is 24.3 Å².